The predicted molar refractivity (Wildman–Crippen MR) is 83.7 cm³/mol. The maximum atomic E-state index is 12.5. The molecule has 0 bridgehead atoms. The molecule has 2 rings (SSSR count). The van der Waals surface area contributed by atoms with Crippen molar-refractivity contribution in [2.75, 3.05) is 6.54 Å². The van der Waals surface area contributed by atoms with Gasteiger partial charge in [-0.15, -0.1) is 0 Å². The second-order valence-electron chi connectivity index (χ2n) is 5.66. The Morgan fingerprint density at radius 3 is 2.71 bits per heavy atom. The van der Waals surface area contributed by atoms with Crippen molar-refractivity contribution in [3.8, 4) is 0 Å². The molecule has 1 aromatic rings. The fourth-order valence-electron chi connectivity index (χ4n) is 2.44. The number of carbonyl (C=O) groups is 2. The van der Waals surface area contributed by atoms with Crippen LogP contribution < -0.4 is 0 Å². The topological polar surface area (TPSA) is 57.6 Å². The van der Waals surface area contributed by atoms with Crippen molar-refractivity contribution in [1.82, 2.24) is 4.90 Å². The molecule has 1 N–H and O–H groups in total. The third-order valence-corrected chi connectivity index (χ3v) is 4.38. The molecule has 0 heterocycles. The lowest BCUT2D eigenvalue weighted by molar-refractivity contribution is -0.140. The van der Waals surface area contributed by atoms with Crippen LogP contribution in [0, 0.1) is 11.8 Å². The average molecular weight is 354 g/mol. The Hall–Kier alpha value is -1.36. The van der Waals surface area contributed by atoms with Crippen LogP contribution >= 0.6 is 15.9 Å². The van der Waals surface area contributed by atoms with Gasteiger partial charge in [0.2, 0.25) is 5.91 Å². The number of carboxylic acids is 1. The lowest BCUT2D eigenvalue weighted by Gasteiger charge is -2.25. The average Bonchev–Trinajstić information content (AvgIpc) is 3.26. The minimum atomic E-state index is -0.874. The summed E-state index contributed by atoms with van der Waals surface area (Å²) in [7, 11) is 0. The van der Waals surface area contributed by atoms with Gasteiger partial charge >= 0.3 is 5.97 Å². The molecule has 1 fully saturated rings. The first-order valence-electron chi connectivity index (χ1n) is 7.22. The molecule has 4 nitrogen and oxygen atoms in total. The smallest absolute Gasteiger partial charge is 0.305 e. The first kappa shape index (κ1) is 16.0. The van der Waals surface area contributed by atoms with Crippen LogP contribution in [0.4, 0.5) is 0 Å². The van der Waals surface area contributed by atoms with Crippen molar-refractivity contribution in [2.45, 2.75) is 32.7 Å². The second-order valence-corrected chi connectivity index (χ2v) is 6.58. The summed E-state index contributed by atoms with van der Waals surface area (Å²) in [5.74, 6) is -0.335. The quantitative estimate of drug-likeness (QED) is 0.817. The van der Waals surface area contributed by atoms with Crippen LogP contribution in [0.5, 0.6) is 0 Å². The number of carboxylic acid groups (broad SMARTS) is 1. The van der Waals surface area contributed by atoms with Gasteiger partial charge in [-0.1, -0.05) is 35.0 Å². The van der Waals surface area contributed by atoms with E-state index < -0.39 is 5.97 Å². The van der Waals surface area contributed by atoms with E-state index in [0.717, 1.165) is 22.9 Å². The number of carbonyl (C=O) groups excluding carboxylic acids is 1. The van der Waals surface area contributed by atoms with E-state index in [1.807, 2.05) is 31.2 Å². The molecule has 1 aliphatic carbocycles. The number of benzene rings is 1. The standard InChI is InChI=1S/C16H20BrNO3/c1-11(13-5-6-13)16(21)18(8-7-15(19)20)10-12-3-2-4-14(17)9-12/h2-4,9,11,13H,5-8,10H2,1H3,(H,19,20). The predicted octanol–water partition coefficient (Wildman–Crippen LogP) is 3.30. The number of halogens is 1. The zero-order valence-corrected chi connectivity index (χ0v) is 13.7. The molecule has 0 saturated heterocycles. The van der Waals surface area contributed by atoms with E-state index in [2.05, 4.69) is 15.9 Å². The lowest BCUT2D eigenvalue weighted by Crippen LogP contribution is -2.37. The summed E-state index contributed by atoms with van der Waals surface area (Å²) in [4.78, 5) is 25.0. The zero-order valence-electron chi connectivity index (χ0n) is 12.1. The molecular formula is C16H20BrNO3. The fourth-order valence-corrected chi connectivity index (χ4v) is 2.89. The molecular weight excluding hydrogens is 334 g/mol. The van der Waals surface area contributed by atoms with E-state index >= 15 is 0 Å². The third-order valence-electron chi connectivity index (χ3n) is 3.89. The lowest BCUT2D eigenvalue weighted by atomic mass is 10.0. The monoisotopic (exact) mass is 353 g/mol. The van der Waals surface area contributed by atoms with E-state index in [1.165, 1.54) is 0 Å². The largest absolute Gasteiger partial charge is 0.481 e. The minimum Gasteiger partial charge on any atom is -0.481 e. The highest BCUT2D eigenvalue weighted by Crippen LogP contribution is 2.37. The number of amides is 1. The van der Waals surface area contributed by atoms with E-state index in [9.17, 15) is 9.59 Å². The Kier molecular flexibility index (Phi) is 5.39. The first-order valence-corrected chi connectivity index (χ1v) is 8.01. The molecule has 114 valence electrons. The van der Waals surface area contributed by atoms with Crippen molar-refractivity contribution < 1.29 is 14.7 Å². The Labute approximate surface area is 133 Å². The molecule has 0 spiro atoms. The van der Waals surface area contributed by atoms with Crippen LogP contribution in [0.3, 0.4) is 0 Å². The summed E-state index contributed by atoms with van der Waals surface area (Å²) in [6, 6.07) is 7.76. The summed E-state index contributed by atoms with van der Waals surface area (Å²) < 4.78 is 0.959. The molecule has 1 atom stereocenters. The molecule has 1 saturated carbocycles. The van der Waals surface area contributed by atoms with E-state index in [1.54, 1.807) is 4.90 Å². The maximum Gasteiger partial charge on any atom is 0.305 e. The number of rotatable bonds is 7. The molecule has 5 heteroatoms. The van der Waals surface area contributed by atoms with Crippen molar-refractivity contribution in [3.05, 3.63) is 34.3 Å². The molecule has 1 aromatic carbocycles. The molecule has 1 amide bonds. The summed E-state index contributed by atoms with van der Waals surface area (Å²) in [5.41, 5.74) is 1.01. The van der Waals surface area contributed by atoms with Crippen LogP contribution in [-0.2, 0) is 16.1 Å². The Balaban J connectivity index is 2.06. The molecule has 21 heavy (non-hydrogen) atoms. The third kappa shape index (κ3) is 4.84. The zero-order chi connectivity index (χ0) is 15.4. The summed E-state index contributed by atoms with van der Waals surface area (Å²) in [5, 5.41) is 8.87. The Morgan fingerprint density at radius 1 is 1.43 bits per heavy atom. The highest BCUT2D eigenvalue weighted by Gasteiger charge is 2.34. The van der Waals surface area contributed by atoms with E-state index in [0.29, 0.717) is 12.5 Å². The van der Waals surface area contributed by atoms with Crippen molar-refractivity contribution in [2.24, 2.45) is 11.8 Å². The van der Waals surface area contributed by atoms with Crippen molar-refractivity contribution in [1.29, 1.82) is 0 Å². The van der Waals surface area contributed by atoms with Crippen LogP contribution in [0.25, 0.3) is 0 Å². The van der Waals surface area contributed by atoms with Gasteiger partial charge in [0.15, 0.2) is 0 Å². The van der Waals surface area contributed by atoms with Gasteiger partial charge in [-0.25, -0.2) is 0 Å². The highest BCUT2D eigenvalue weighted by molar-refractivity contribution is 9.10. The number of nitrogens with zero attached hydrogens (tertiary/aromatic N) is 1. The number of aliphatic carboxylic acids is 1. The van der Waals surface area contributed by atoms with Gasteiger partial charge in [0.05, 0.1) is 6.42 Å². The minimum absolute atomic E-state index is 0.00838. The van der Waals surface area contributed by atoms with Gasteiger partial charge in [0, 0.05) is 23.5 Å². The van der Waals surface area contributed by atoms with Crippen LogP contribution in [0.2, 0.25) is 0 Å². The van der Waals surface area contributed by atoms with Gasteiger partial charge in [-0.3, -0.25) is 9.59 Å². The van der Waals surface area contributed by atoms with Crippen LogP contribution in [0.15, 0.2) is 28.7 Å². The SMILES string of the molecule is CC(C(=O)N(CCC(=O)O)Cc1cccc(Br)c1)C1CC1. The van der Waals surface area contributed by atoms with Crippen LogP contribution in [-0.4, -0.2) is 28.4 Å². The van der Waals surface area contributed by atoms with Gasteiger partial charge in [0.25, 0.3) is 0 Å². The van der Waals surface area contributed by atoms with Gasteiger partial charge < -0.3 is 10.0 Å². The molecule has 0 aromatic heterocycles. The highest BCUT2D eigenvalue weighted by atomic mass is 79.9. The fraction of sp³-hybridized carbons (Fsp3) is 0.500. The summed E-state index contributed by atoms with van der Waals surface area (Å²) in [6.07, 6.45) is 2.20. The van der Waals surface area contributed by atoms with Gasteiger partial charge in [0.1, 0.15) is 0 Å². The Bertz CT molecular complexity index is 528. The normalized spacial score (nSPS) is 15.5. The Morgan fingerprint density at radius 2 is 2.14 bits per heavy atom. The molecule has 1 aliphatic rings. The second kappa shape index (κ2) is 7.07. The van der Waals surface area contributed by atoms with Crippen LogP contribution in [0.1, 0.15) is 31.7 Å². The van der Waals surface area contributed by atoms with Gasteiger partial charge in [-0.2, -0.15) is 0 Å². The molecule has 1 unspecified atom stereocenters. The van der Waals surface area contributed by atoms with E-state index in [4.69, 9.17) is 5.11 Å². The number of hydrogen-bond donors (Lipinski definition) is 1. The van der Waals surface area contributed by atoms with E-state index in [-0.39, 0.29) is 24.8 Å². The number of hydrogen-bond acceptors (Lipinski definition) is 2. The van der Waals surface area contributed by atoms with Crippen molar-refractivity contribution >= 4 is 27.8 Å². The first-order chi connectivity index (χ1) is 9.97. The van der Waals surface area contributed by atoms with Gasteiger partial charge in [-0.05, 0) is 36.5 Å². The molecule has 0 aliphatic heterocycles. The summed E-state index contributed by atoms with van der Waals surface area (Å²) in [6.45, 7) is 2.68. The molecule has 0 radical (unpaired) electrons. The summed E-state index contributed by atoms with van der Waals surface area (Å²) >= 11 is 3.42. The maximum absolute atomic E-state index is 12.5. The van der Waals surface area contributed by atoms with Crippen molar-refractivity contribution in [3.63, 3.8) is 0 Å².